The van der Waals surface area contributed by atoms with E-state index in [4.69, 9.17) is 0 Å². The summed E-state index contributed by atoms with van der Waals surface area (Å²) in [5.41, 5.74) is 0. The van der Waals surface area contributed by atoms with E-state index in [0.717, 1.165) is 39.1 Å². The van der Waals surface area contributed by atoms with E-state index in [2.05, 4.69) is 49.7 Å². The Kier molecular flexibility index (Phi) is 6.03. The van der Waals surface area contributed by atoms with Gasteiger partial charge in [-0.1, -0.05) is 45.4 Å². The second-order valence-corrected chi connectivity index (χ2v) is 5.24. The van der Waals surface area contributed by atoms with E-state index in [0.29, 0.717) is 6.04 Å². The Balaban J connectivity index is 2.53. The van der Waals surface area contributed by atoms with E-state index in [1.165, 1.54) is 0 Å². The topological polar surface area (TPSA) is 9.72 Å². The Hall–Kier alpha value is 0.930. The number of rotatable bonds is 1. The second-order valence-electron chi connectivity index (χ2n) is 3.59. The highest BCUT2D eigenvalue weighted by Gasteiger charge is 2.19. The van der Waals surface area contributed by atoms with Crippen LogP contribution in [0.5, 0.6) is 0 Å². The average molecular weight is 253 g/mol. The third-order valence-corrected chi connectivity index (χ3v) is 3.81. The van der Waals surface area contributed by atoms with E-state index < -0.39 is 0 Å². The third kappa shape index (κ3) is 4.20. The van der Waals surface area contributed by atoms with Crippen LogP contribution >= 0.6 is 38.4 Å². The van der Waals surface area contributed by atoms with Crippen LogP contribution in [-0.4, -0.2) is 51.7 Å². The smallest absolute Gasteiger partial charge is 0.0334 e. The van der Waals surface area contributed by atoms with Gasteiger partial charge in [-0.05, 0) is 6.42 Å². The van der Waals surface area contributed by atoms with Crippen LogP contribution in [0.4, 0.5) is 0 Å². The molecule has 0 N–H and O–H groups in total. The predicted octanol–water partition coefficient (Wildman–Crippen LogP) is 1.22. The van der Waals surface area contributed by atoms with Crippen LogP contribution in [0, 0.1) is 0 Å². The molecule has 0 spiro atoms. The van der Waals surface area contributed by atoms with Crippen molar-refractivity contribution < 1.29 is 0 Å². The zero-order valence-corrected chi connectivity index (χ0v) is 11.2. The minimum Gasteiger partial charge on any atom is -0.251 e. The molecule has 6 heteroatoms. The van der Waals surface area contributed by atoms with Crippen molar-refractivity contribution >= 4 is 38.4 Å². The van der Waals surface area contributed by atoms with Gasteiger partial charge in [0.25, 0.3) is 0 Å². The molecule has 3 nitrogen and oxygen atoms in total. The van der Waals surface area contributed by atoms with Gasteiger partial charge < -0.3 is 0 Å². The van der Waals surface area contributed by atoms with Crippen LogP contribution in [-0.2, 0) is 0 Å². The first-order valence-electron chi connectivity index (χ1n) is 4.96. The predicted molar refractivity (Wildman–Crippen MR) is 70.9 cm³/mol. The summed E-state index contributed by atoms with van der Waals surface area (Å²) >= 11 is 13.3. The summed E-state index contributed by atoms with van der Waals surface area (Å²) < 4.78 is 6.16. The highest BCUT2D eigenvalue weighted by Crippen LogP contribution is 2.13. The molecule has 1 atom stereocenters. The van der Waals surface area contributed by atoms with Gasteiger partial charge in [0.15, 0.2) is 0 Å². The minimum absolute atomic E-state index is 0.482. The Morgan fingerprint density at radius 3 is 2.21 bits per heavy atom. The zero-order valence-electron chi connectivity index (χ0n) is 8.50. The van der Waals surface area contributed by atoms with Crippen molar-refractivity contribution in [2.75, 3.05) is 32.7 Å². The lowest BCUT2D eigenvalue weighted by Crippen LogP contribution is -2.36. The maximum atomic E-state index is 4.49. The fourth-order valence-corrected chi connectivity index (χ4v) is 2.29. The monoisotopic (exact) mass is 253 g/mol. The van der Waals surface area contributed by atoms with Crippen LogP contribution in [0.3, 0.4) is 0 Å². The van der Waals surface area contributed by atoms with Gasteiger partial charge in [0.1, 0.15) is 0 Å². The van der Waals surface area contributed by atoms with Gasteiger partial charge in [-0.25, -0.2) is 4.31 Å². The Labute approximate surface area is 103 Å². The van der Waals surface area contributed by atoms with Crippen molar-refractivity contribution in [2.24, 2.45) is 0 Å². The first-order chi connectivity index (χ1) is 6.63. The molecule has 0 radical (unpaired) electrons. The van der Waals surface area contributed by atoms with Crippen LogP contribution in [0.2, 0.25) is 0 Å². The van der Waals surface area contributed by atoms with Crippen molar-refractivity contribution in [3.8, 4) is 0 Å². The summed E-state index contributed by atoms with van der Waals surface area (Å²) in [6.07, 6.45) is 1.10. The number of hydrogen-bond acceptors (Lipinski definition) is 6. The highest BCUT2D eigenvalue weighted by atomic mass is 32.1. The fraction of sp³-hybridized carbons (Fsp3) is 1.00. The van der Waals surface area contributed by atoms with E-state index >= 15 is 0 Å². The van der Waals surface area contributed by atoms with Gasteiger partial charge in [0, 0.05) is 38.8 Å². The van der Waals surface area contributed by atoms with Crippen LogP contribution in [0.25, 0.3) is 0 Å². The molecule has 1 heterocycles. The first-order valence-corrected chi connectivity index (χ1v) is 6.16. The molecule has 1 rings (SSSR count). The van der Waals surface area contributed by atoms with Gasteiger partial charge in [0.2, 0.25) is 0 Å². The van der Waals surface area contributed by atoms with Crippen molar-refractivity contribution in [1.82, 2.24) is 12.9 Å². The van der Waals surface area contributed by atoms with E-state index in [-0.39, 0.29) is 0 Å². The van der Waals surface area contributed by atoms with Gasteiger partial charge in [-0.3, -0.25) is 8.61 Å². The van der Waals surface area contributed by atoms with Crippen molar-refractivity contribution in [3.05, 3.63) is 0 Å². The summed E-state index contributed by atoms with van der Waals surface area (Å²) in [4.78, 5) is 0. The van der Waals surface area contributed by atoms with Gasteiger partial charge in [0.05, 0.1) is 0 Å². The number of nitrogens with zero attached hydrogens (tertiary/aromatic N) is 3. The summed E-state index contributed by atoms with van der Waals surface area (Å²) in [5.74, 6) is 0. The Morgan fingerprint density at radius 1 is 1.00 bits per heavy atom. The lowest BCUT2D eigenvalue weighted by Gasteiger charge is -2.27. The summed E-state index contributed by atoms with van der Waals surface area (Å²) in [7, 11) is 0. The standard InChI is InChI=1S/C8H19N3S3/c1-2-8-7-10(13)4-3-9(12)5-6-11(8)14/h8,12-14H,2-7H2,1H3. The van der Waals surface area contributed by atoms with Gasteiger partial charge >= 0.3 is 0 Å². The minimum atomic E-state index is 0.482. The molecule has 1 aliphatic heterocycles. The lowest BCUT2D eigenvalue weighted by molar-refractivity contribution is 0.305. The van der Waals surface area contributed by atoms with Gasteiger partial charge in [-0.2, -0.15) is 0 Å². The molecule has 0 bridgehead atoms. The van der Waals surface area contributed by atoms with Crippen LogP contribution in [0.1, 0.15) is 13.3 Å². The lowest BCUT2D eigenvalue weighted by atomic mass is 10.2. The molecule has 0 aromatic carbocycles. The molecule has 0 amide bonds. The van der Waals surface area contributed by atoms with E-state index in [1.54, 1.807) is 0 Å². The molecule has 0 aromatic heterocycles. The normalized spacial score (nSPS) is 29.6. The maximum absolute atomic E-state index is 4.49. The molecule has 1 fully saturated rings. The number of hydrogen-bond donors (Lipinski definition) is 3. The molecule has 0 aromatic rings. The van der Waals surface area contributed by atoms with E-state index in [1.807, 2.05) is 8.61 Å². The molecular formula is C8H19N3S3. The average Bonchev–Trinajstić information content (AvgIpc) is 2.23. The molecular weight excluding hydrogens is 234 g/mol. The summed E-state index contributed by atoms with van der Waals surface area (Å²) in [5, 5.41) is 0. The van der Waals surface area contributed by atoms with Crippen molar-refractivity contribution in [1.29, 1.82) is 0 Å². The molecule has 0 saturated carbocycles. The summed E-state index contributed by atoms with van der Waals surface area (Å²) in [6.45, 7) is 6.95. The van der Waals surface area contributed by atoms with Crippen molar-refractivity contribution in [3.63, 3.8) is 0 Å². The number of thiol groups is 3. The largest absolute Gasteiger partial charge is 0.251 e. The molecule has 14 heavy (non-hydrogen) atoms. The van der Waals surface area contributed by atoms with Crippen LogP contribution < -0.4 is 0 Å². The molecule has 0 aliphatic carbocycles. The molecule has 84 valence electrons. The fourth-order valence-electron chi connectivity index (χ4n) is 1.51. The maximum Gasteiger partial charge on any atom is 0.0334 e. The van der Waals surface area contributed by atoms with Crippen molar-refractivity contribution in [2.45, 2.75) is 19.4 Å². The SMILES string of the molecule is CCC1CN(S)CCN(S)CCN1S. The first kappa shape index (κ1) is 13.0. The zero-order chi connectivity index (χ0) is 10.6. The van der Waals surface area contributed by atoms with E-state index in [9.17, 15) is 0 Å². The Bertz CT molecular complexity index is 170. The molecule has 1 unspecified atom stereocenters. The summed E-state index contributed by atoms with van der Waals surface area (Å²) in [6, 6.07) is 0.482. The Morgan fingerprint density at radius 2 is 1.57 bits per heavy atom. The molecule has 1 saturated heterocycles. The second kappa shape index (κ2) is 6.50. The third-order valence-electron chi connectivity index (χ3n) is 2.52. The van der Waals surface area contributed by atoms with Crippen LogP contribution in [0.15, 0.2) is 0 Å². The highest BCUT2D eigenvalue weighted by molar-refractivity contribution is 7.78. The van der Waals surface area contributed by atoms with Gasteiger partial charge in [-0.15, -0.1) is 0 Å². The quantitative estimate of drug-likeness (QED) is 0.607. The molecule has 1 aliphatic rings.